The van der Waals surface area contributed by atoms with Gasteiger partial charge in [0.1, 0.15) is 10.7 Å². The van der Waals surface area contributed by atoms with Gasteiger partial charge < -0.3 is 4.90 Å². The van der Waals surface area contributed by atoms with Crippen molar-refractivity contribution < 1.29 is 17.6 Å². The van der Waals surface area contributed by atoms with Gasteiger partial charge in [-0.25, -0.2) is 12.8 Å². The van der Waals surface area contributed by atoms with Crippen LogP contribution in [0, 0.1) is 5.82 Å². The summed E-state index contributed by atoms with van der Waals surface area (Å²) < 4.78 is 40.8. The Hall–Kier alpha value is -1.51. The van der Waals surface area contributed by atoms with Crippen molar-refractivity contribution in [1.29, 1.82) is 0 Å². The van der Waals surface area contributed by atoms with E-state index in [9.17, 15) is 17.6 Å². The molecule has 162 valence electrons. The maximum Gasteiger partial charge on any atom is 0.246 e. The SMILES string of the molecule is CCN(C(=O)C(C)N1CCN(S(=O)(=O)c2ccccc2F)CC1)C1CCCCC1. The number of rotatable bonds is 6. The molecule has 1 aromatic rings. The van der Waals surface area contributed by atoms with Crippen LogP contribution in [-0.4, -0.2) is 73.2 Å². The number of halogens is 1. The lowest BCUT2D eigenvalue weighted by atomic mass is 9.93. The van der Waals surface area contributed by atoms with Crippen molar-refractivity contribution >= 4 is 15.9 Å². The zero-order valence-corrected chi connectivity index (χ0v) is 18.2. The van der Waals surface area contributed by atoms with Crippen molar-refractivity contribution in [3.63, 3.8) is 0 Å². The molecule has 0 bridgehead atoms. The summed E-state index contributed by atoms with van der Waals surface area (Å²) in [7, 11) is -3.86. The second-order valence-electron chi connectivity index (χ2n) is 7.96. The summed E-state index contributed by atoms with van der Waals surface area (Å²) in [5, 5.41) is 0. The largest absolute Gasteiger partial charge is 0.339 e. The molecule has 1 atom stereocenters. The first-order valence-electron chi connectivity index (χ1n) is 10.7. The molecule has 3 rings (SSSR count). The molecule has 1 saturated heterocycles. The third-order valence-electron chi connectivity index (χ3n) is 6.27. The van der Waals surface area contributed by atoms with Crippen LogP contribution in [0.25, 0.3) is 0 Å². The van der Waals surface area contributed by atoms with Crippen LogP contribution < -0.4 is 0 Å². The van der Waals surface area contributed by atoms with Crippen LogP contribution in [0.4, 0.5) is 4.39 Å². The van der Waals surface area contributed by atoms with Gasteiger partial charge >= 0.3 is 0 Å². The van der Waals surface area contributed by atoms with Gasteiger partial charge in [-0.1, -0.05) is 31.4 Å². The summed E-state index contributed by atoms with van der Waals surface area (Å²) in [6.45, 7) is 6.07. The van der Waals surface area contributed by atoms with Crippen LogP contribution in [0.2, 0.25) is 0 Å². The molecular weight excluding hydrogens is 393 g/mol. The van der Waals surface area contributed by atoms with E-state index in [1.54, 1.807) is 0 Å². The molecule has 1 amide bonds. The van der Waals surface area contributed by atoms with E-state index in [-0.39, 0.29) is 29.9 Å². The van der Waals surface area contributed by atoms with Gasteiger partial charge in [-0.2, -0.15) is 4.31 Å². The van der Waals surface area contributed by atoms with Crippen LogP contribution in [-0.2, 0) is 14.8 Å². The van der Waals surface area contributed by atoms with Crippen molar-refractivity contribution in [3.8, 4) is 0 Å². The average molecular weight is 426 g/mol. The predicted octanol–water partition coefficient (Wildman–Crippen LogP) is 2.70. The highest BCUT2D eigenvalue weighted by Crippen LogP contribution is 2.25. The topological polar surface area (TPSA) is 60.9 Å². The van der Waals surface area contributed by atoms with Crippen molar-refractivity contribution in [2.24, 2.45) is 0 Å². The number of carbonyl (C=O) groups excluding carboxylic acids is 1. The fourth-order valence-corrected chi connectivity index (χ4v) is 5.99. The van der Waals surface area contributed by atoms with Crippen LogP contribution in [0.3, 0.4) is 0 Å². The first kappa shape index (κ1) is 22.2. The van der Waals surface area contributed by atoms with Gasteiger partial charge in [-0.3, -0.25) is 9.69 Å². The highest BCUT2D eigenvalue weighted by atomic mass is 32.2. The molecule has 0 radical (unpaired) electrons. The van der Waals surface area contributed by atoms with E-state index < -0.39 is 15.8 Å². The number of amides is 1. The zero-order chi connectivity index (χ0) is 21.0. The normalized spacial score (nSPS) is 21.1. The van der Waals surface area contributed by atoms with Gasteiger partial charge in [-0.15, -0.1) is 0 Å². The average Bonchev–Trinajstić information content (AvgIpc) is 2.74. The number of hydrogen-bond acceptors (Lipinski definition) is 4. The number of carbonyl (C=O) groups is 1. The minimum atomic E-state index is -3.86. The lowest BCUT2D eigenvalue weighted by molar-refractivity contribution is -0.139. The Balaban J connectivity index is 1.62. The Morgan fingerprint density at radius 2 is 1.76 bits per heavy atom. The third-order valence-corrected chi connectivity index (χ3v) is 8.20. The summed E-state index contributed by atoms with van der Waals surface area (Å²) >= 11 is 0. The molecule has 0 spiro atoms. The van der Waals surface area contributed by atoms with Gasteiger partial charge in [0.15, 0.2) is 0 Å². The molecule has 29 heavy (non-hydrogen) atoms. The third kappa shape index (κ3) is 4.81. The lowest BCUT2D eigenvalue weighted by Crippen LogP contribution is -2.56. The van der Waals surface area contributed by atoms with Crippen molar-refractivity contribution in [3.05, 3.63) is 30.1 Å². The quantitative estimate of drug-likeness (QED) is 0.703. The monoisotopic (exact) mass is 425 g/mol. The molecule has 6 nitrogen and oxygen atoms in total. The second-order valence-corrected chi connectivity index (χ2v) is 9.87. The molecule has 0 N–H and O–H groups in total. The Kier molecular flexibility index (Phi) is 7.29. The van der Waals surface area contributed by atoms with Gasteiger partial charge in [0.2, 0.25) is 15.9 Å². The van der Waals surface area contributed by atoms with E-state index >= 15 is 0 Å². The summed E-state index contributed by atoms with van der Waals surface area (Å²) in [5.74, 6) is -0.602. The van der Waals surface area contributed by atoms with Gasteiger partial charge in [0, 0.05) is 38.8 Å². The molecule has 1 aliphatic carbocycles. The highest BCUT2D eigenvalue weighted by Gasteiger charge is 2.35. The molecule has 1 aromatic carbocycles. The fourth-order valence-electron chi connectivity index (χ4n) is 4.51. The van der Waals surface area contributed by atoms with Gasteiger partial charge in [-0.05, 0) is 38.8 Å². The predicted molar refractivity (Wildman–Crippen MR) is 110 cm³/mol. The maximum atomic E-state index is 14.0. The smallest absolute Gasteiger partial charge is 0.246 e. The van der Waals surface area contributed by atoms with Gasteiger partial charge in [0.25, 0.3) is 0 Å². The molecule has 2 aliphatic rings. The van der Waals surface area contributed by atoms with E-state index in [4.69, 9.17) is 0 Å². The van der Waals surface area contributed by atoms with Crippen LogP contribution in [0.5, 0.6) is 0 Å². The standard InChI is InChI=1S/C21H32FN3O3S/c1-3-25(18-9-5-4-6-10-18)21(26)17(2)23-13-15-24(16-14-23)29(27,28)20-12-8-7-11-19(20)22/h7-8,11-12,17-18H,3-6,9-10,13-16H2,1-2H3. The Labute approximate surface area is 173 Å². The summed E-state index contributed by atoms with van der Waals surface area (Å²) in [6, 6.07) is 5.51. The maximum absolute atomic E-state index is 14.0. The number of nitrogens with zero attached hydrogens (tertiary/aromatic N) is 3. The molecule has 0 aromatic heterocycles. The number of piperazine rings is 1. The molecule has 8 heteroatoms. The molecule has 2 fully saturated rings. The first-order valence-corrected chi connectivity index (χ1v) is 12.1. The highest BCUT2D eigenvalue weighted by molar-refractivity contribution is 7.89. The number of hydrogen-bond donors (Lipinski definition) is 0. The Bertz CT molecular complexity index is 803. The molecular formula is C21H32FN3O3S. The van der Waals surface area contributed by atoms with Crippen LogP contribution in [0.1, 0.15) is 46.0 Å². The van der Waals surface area contributed by atoms with Gasteiger partial charge in [0.05, 0.1) is 6.04 Å². The number of benzene rings is 1. The van der Waals surface area contributed by atoms with Crippen molar-refractivity contribution in [1.82, 2.24) is 14.1 Å². The minimum absolute atomic E-state index is 0.129. The molecule has 1 unspecified atom stereocenters. The van der Waals surface area contributed by atoms with E-state index in [1.807, 2.05) is 23.6 Å². The zero-order valence-electron chi connectivity index (χ0n) is 17.4. The first-order chi connectivity index (χ1) is 13.9. The van der Waals surface area contributed by atoms with E-state index in [2.05, 4.69) is 0 Å². The van der Waals surface area contributed by atoms with Crippen molar-refractivity contribution in [2.45, 2.75) is 62.9 Å². The van der Waals surface area contributed by atoms with E-state index in [0.717, 1.165) is 18.9 Å². The van der Waals surface area contributed by atoms with E-state index in [1.165, 1.54) is 41.8 Å². The number of likely N-dealkylation sites (N-methyl/N-ethyl adjacent to an activating group) is 1. The summed E-state index contributed by atoms with van der Waals surface area (Å²) in [4.78, 5) is 16.9. The minimum Gasteiger partial charge on any atom is -0.339 e. The van der Waals surface area contributed by atoms with E-state index in [0.29, 0.717) is 25.7 Å². The van der Waals surface area contributed by atoms with Crippen LogP contribution >= 0.6 is 0 Å². The summed E-state index contributed by atoms with van der Waals surface area (Å²) in [6.07, 6.45) is 5.74. The summed E-state index contributed by atoms with van der Waals surface area (Å²) in [5.41, 5.74) is 0. The van der Waals surface area contributed by atoms with Crippen LogP contribution in [0.15, 0.2) is 29.2 Å². The molecule has 1 heterocycles. The second kappa shape index (κ2) is 9.53. The van der Waals surface area contributed by atoms with Crippen molar-refractivity contribution in [2.75, 3.05) is 32.7 Å². The fraction of sp³-hybridized carbons (Fsp3) is 0.667. The lowest BCUT2D eigenvalue weighted by Gasteiger charge is -2.40. The number of sulfonamides is 1. The Morgan fingerprint density at radius 3 is 2.34 bits per heavy atom. The Morgan fingerprint density at radius 1 is 1.14 bits per heavy atom. The molecule has 1 saturated carbocycles. The molecule has 1 aliphatic heterocycles.